The van der Waals surface area contributed by atoms with Crippen molar-refractivity contribution in [3.63, 3.8) is 0 Å². The maximum atomic E-state index is 5.83. The van der Waals surface area contributed by atoms with Gasteiger partial charge in [0.2, 0.25) is 0 Å². The summed E-state index contributed by atoms with van der Waals surface area (Å²) in [6.07, 6.45) is 18.6. The van der Waals surface area contributed by atoms with Crippen LogP contribution in [0, 0.1) is 5.92 Å². The Morgan fingerprint density at radius 1 is 0.806 bits per heavy atom. The summed E-state index contributed by atoms with van der Waals surface area (Å²) in [5.74, 6) is 3.16. The number of ether oxygens (including phenoxy) is 2. The summed E-state index contributed by atoms with van der Waals surface area (Å²) in [7, 11) is 0. The number of unbranched alkanes of at least 4 members (excludes halogenated alkanes) is 4. The van der Waals surface area contributed by atoms with Gasteiger partial charge in [-0.15, -0.1) is 0 Å². The van der Waals surface area contributed by atoms with E-state index in [1.54, 1.807) is 12.4 Å². The van der Waals surface area contributed by atoms with Crippen LogP contribution in [0.1, 0.15) is 78.6 Å². The molecule has 1 aromatic heterocycles. The van der Waals surface area contributed by atoms with Gasteiger partial charge >= 0.3 is 0 Å². The molecule has 0 radical (unpaired) electrons. The van der Waals surface area contributed by atoms with E-state index >= 15 is 0 Å². The Morgan fingerprint density at radius 3 is 2.16 bits per heavy atom. The van der Waals surface area contributed by atoms with Gasteiger partial charge in [0.15, 0.2) is 11.6 Å². The van der Waals surface area contributed by atoms with Crippen molar-refractivity contribution in [3.8, 4) is 22.9 Å². The van der Waals surface area contributed by atoms with Gasteiger partial charge in [0, 0.05) is 5.56 Å². The van der Waals surface area contributed by atoms with Gasteiger partial charge in [0.05, 0.1) is 25.6 Å². The normalized spacial score (nSPS) is 12.2. The summed E-state index contributed by atoms with van der Waals surface area (Å²) in [6, 6.07) is 7.98. The average Bonchev–Trinajstić information content (AvgIpc) is 2.81. The first-order chi connectivity index (χ1) is 15.2. The van der Waals surface area contributed by atoms with E-state index in [1.807, 2.05) is 24.3 Å². The molecule has 0 aliphatic carbocycles. The smallest absolute Gasteiger partial charge is 0.159 e. The quantitative estimate of drug-likeness (QED) is 0.205. The van der Waals surface area contributed by atoms with E-state index in [9.17, 15) is 0 Å². The lowest BCUT2D eigenvalue weighted by Gasteiger charge is -2.09. The lowest BCUT2D eigenvalue weighted by Crippen LogP contribution is -2.00. The summed E-state index contributed by atoms with van der Waals surface area (Å²) in [4.78, 5) is 8.91. The van der Waals surface area contributed by atoms with Crippen molar-refractivity contribution in [3.05, 3.63) is 48.8 Å². The number of aromatic nitrogens is 2. The van der Waals surface area contributed by atoms with Crippen LogP contribution < -0.4 is 9.47 Å². The topological polar surface area (TPSA) is 44.2 Å². The minimum atomic E-state index is 0.704. The van der Waals surface area contributed by atoms with E-state index in [1.165, 1.54) is 25.7 Å². The third kappa shape index (κ3) is 10.5. The maximum absolute atomic E-state index is 5.83. The van der Waals surface area contributed by atoms with Gasteiger partial charge in [0.25, 0.3) is 0 Å². The Balaban J connectivity index is 1.67. The van der Waals surface area contributed by atoms with Crippen LogP contribution in [0.4, 0.5) is 0 Å². The molecule has 4 heteroatoms. The SMILES string of the molecule is CC/C=C\CCCCOc1ccc(-c2ncc(OCCCCC[C@@H](C)CC)cn2)cc1. The zero-order valence-corrected chi connectivity index (χ0v) is 19.7. The van der Waals surface area contributed by atoms with E-state index in [0.29, 0.717) is 5.82 Å². The molecule has 4 nitrogen and oxygen atoms in total. The van der Waals surface area contributed by atoms with Crippen LogP contribution in [0.5, 0.6) is 11.5 Å². The Morgan fingerprint density at radius 2 is 1.48 bits per heavy atom. The highest BCUT2D eigenvalue weighted by Gasteiger charge is 2.04. The van der Waals surface area contributed by atoms with Crippen LogP contribution in [0.3, 0.4) is 0 Å². The summed E-state index contributed by atoms with van der Waals surface area (Å²) in [5, 5.41) is 0. The maximum Gasteiger partial charge on any atom is 0.159 e. The van der Waals surface area contributed by atoms with E-state index < -0.39 is 0 Å². The van der Waals surface area contributed by atoms with Crippen LogP contribution in [-0.4, -0.2) is 23.2 Å². The van der Waals surface area contributed by atoms with E-state index in [2.05, 4.69) is 42.9 Å². The molecule has 0 aliphatic rings. The van der Waals surface area contributed by atoms with Gasteiger partial charge in [0.1, 0.15) is 5.75 Å². The molecule has 0 aliphatic heterocycles. The first kappa shape index (κ1) is 24.9. The highest BCUT2D eigenvalue weighted by atomic mass is 16.5. The second-order valence-electron chi connectivity index (χ2n) is 8.20. The molecule has 170 valence electrons. The van der Waals surface area contributed by atoms with Gasteiger partial charge in [-0.3, -0.25) is 0 Å². The number of nitrogens with zero attached hydrogens (tertiary/aromatic N) is 2. The third-order valence-electron chi connectivity index (χ3n) is 5.48. The van der Waals surface area contributed by atoms with Gasteiger partial charge < -0.3 is 9.47 Å². The van der Waals surface area contributed by atoms with Crippen LogP contribution in [-0.2, 0) is 0 Å². The zero-order chi connectivity index (χ0) is 22.2. The Bertz CT molecular complexity index is 726. The van der Waals surface area contributed by atoms with Gasteiger partial charge in [-0.2, -0.15) is 0 Å². The fraction of sp³-hybridized carbons (Fsp3) is 0.556. The molecule has 1 heterocycles. The first-order valence-electron chi connectivity index (χ1n) is 12.1. The molecular weight excluding hydrogens is 384 g/mol. The van der Waals surface area contributed by atoms with Crippen LogP contribution in [0.25, 0.3) is 11.4 Å². The van der Waals surface area contributed by atoms with Crippen LogP contribution in [0.2, 0.25) is 0 Å². The predicted octanol–water partition coefficient (Wildman–Crippen LogP) is 7.64. The number of hydrogen-bond donors (Lipinski definition) is 0. The lowest BCUT2D eigenvalue weighted by atomic mass is 10.0. The van der Waals surface area contributed by atoms with Gasteiger partial charge in [-0.1, -0.05) is 58.6 Å². The average molecular weight is 425 g/mol. The second kappa shape index (κ2) is 15.4. The molecule has 1 atom stereocenters. The van der Waals surface area contributed by atoms with Crippen LogP contribution >= 0.6 is 0 Å². The van der Waals surface area contributed by atoms with Crippen molar-refractivity contribution in [1.82, 2.24) is 9.97 Å². The molecule has 0 spiro atoms. The van der Waals surface area contributed by atoms with Gasteiger partial charge in [-0.25, -0.2) is 9.97 Å². The molecule has 0 amide bonds. The van der Waals surface area contributed by atoms with Crippen molar-refractivity contribution in [1.29, 1.82) is 0 Å². The largest absolute Gasteiger partial charge is 0.494 e. The molecule has 0 unspecified atom stereocenters. The van der Waals surface area contributed by atoms with Crippen molar-refractivity contribution in [2.24, 2.45) is 5.92 Å². The molecule has 0 N–H and O–H groups in total. The number of benzene rings is 1. The summed E-state index contributed by atoms with van der Waals surface area (Å²) in [6.45, 7) is 8.22. The molecule has 0 saturated heterocycles. The molecular formula is C27H40N2O2. The van der Waals surface area contributed by atoms with E-state index in [-0.39, 0.29) is 0 Å². The van der Waals surface area contributed by atoms with Crippen molar-refractivity contribution >= 4 is 0 Å². The molecule has 0 saturated carbocycles. The van der Waals surface area contributed by atoms with Crippen molar-refractivity contribution < 1.29 is 9.47 Å². The fourth-order valence-corrected chi connectivity index (χ4v) is 3.24. The third-order valence-corrected chi connectivity index (χ3v) is 5.48. The molecule has 31 heavy (non-hydrogen) atoms. The highest BCUT2D eigenvalue weighted by molar-refractivity contribution is 5.56. The second-order valence-corrected chi connectivity index (χ2v) is 8.20. The Kier molecular flexibility index (Phi) is 12.4. The molecule has 1 aromatic carbocycles. The molecule has 0 fully saturated rings. The summed E-state index contributed by atoms with van der Waals surface area (Å²) in [5.41, 5.74) is 0.980. The Hall–Kier alpha value is -2.36. The summed E-state index contributed by atoms with van der Waals surface area (Å²) >= 11 is 0. The molecule has 0 bridgehead atoms. The van der Waals surface area contributed by atoms with Crippen molar-refractivity contribution in [2.45, 2.75) is 78.6 Å². The predicted molar refractivity (Wildman–Crippen MR) is 130 cm³/mol. The van der Waals surface area contributed by atoms with Crippen molar-refractivity contribution in [2.75, 3.05) is 13.2 Å². The molecule has 2 rings (SSSR count). The minimum Gasteiger partial charge on any atom is -0.494 e. The number of hydrogen-bond acceptors (Lipinski definition) is 4. The van der Waals surface area contributed by atoms with Crippen LogP contribution in [0.15, 0.2) is 48.8 Å². The van der Waals surface area contributed by atoms with E-state index in [0.717, 1.165) is 68.3 Å². The Labute approximate surface area is 189 Å². The number of allylic oxidation sites excluding steroid dienone is 2. The summed E-state index contributed by atoms with van der Waals surface area (Å²) < 4.78 is 11.6. The highest BCUT2D eigenvalue weighted by Crippen LogP contribution is 2.21. The van der Waals surface area contributed by atoms with Gasteiger partial charge in [-0.05, 0) is 62.3 Å². The first-order valence-corrected chi connectivity index (χ1v) is 12.1. The number of rotatable bonds is 16. The zero-order valence-electron chi connectivity index (χ0n) is 19.7. The molecule has 2 aromatic rings. The standard InChI is InChI=1S/C27H40N2O2/c1-4-6-7-8-9-12-19-30-25-17-15-24(16-18-25)27-28-21-26(22-29-27)31-20-13-10-11-14-23(3)5-2/h6-7,15-18,21-23H,4-5,8-14,19-20H2,1-3H3/b7-6-/t23-/m0/s1. The fourth-order valence-electron chi connectivity index (χ4n) is 3.24. The van der Waals surface area contributed by atoms with E-state index in [4.69, 9.17) is 9.47 Å². The minimum absolute atomic E-state index is 0.704. The monoisotopic (exact) mass is 424 g/mol. The lowest BCUT2D eigenvalue weighted by molar-refractivity contribution is 0.300.